The number of amides is 1. The summed E-state index contributed by atoms with van der Waals surface area (Å²) in [5.41, 5.74) is 8.57. The van der Waals surface area contributed by atoms with E-state index < -0.39 is 5.60 Å². The van der Waals surface area contributed by atoms with Gasteiger partial charge in [-0.15, -0.1) is 0 Å². The molecule has 10 nitrogen and oxygen atoms in total. The Kier molecular flexibility index (Phi) is 7.83. The first-order valence-electron chi connectivity index (χ1n) is 13.7. The molecule has 1 amide bonds. The molecule has 1 aliphatic heterocycles. The van der Waals surface area contributed by atoms with Crippen molar-refractivity contribution in [2.75, 3.05) is 31.2 Å². The summed E-state index contributed by atoms with van der Waals surface area (Å²) < 4.78 is 17.5. The van der Waals surface area contributed by atoms with E-state index >= 15 is 0 Å². The molecule has 2 aromatic carbocycles. The molecule has 0 aliphatic carbocycles. The number of methoxy groups -OCH3 is 1. The number of nitrogens with two attached hydrogens (primary N) is 1. The SMILES string of the molecule is COc1cnc(Oc2c(C)ccc3c(N)cccc23)c(-c2ccnc(NC3CCCN(C(=O)OC(C)(C)C)C3)n2)c1. The van der Waals surface area contributed by atoms with Crippen molar-refractivity contribution in [1.82, 2.24) is 19.9 Å². The Morgan fingerprint density at radius 3 is 2.73 bits per heavy atom. The topological polar surface area (TPSA) is 125 Å². The Morgan fingerprint density at radius 1 is 1.12 bits per heavy atom. The standard InChI is InChI=1S/C31H36N6O4/c1-19-11-12-22-23(9-6-10-25(22)32)27(19)40-28-24(16-21(39-5)17-34-28)26-13-14-33-29(36-26)35-20-8-7-15-37(18-20)30(38)41-31(2,3)4/h6,9-14,16-17,20H,7-8,15,18,32H2,1-5H3,(H,33,35,36). The minimum Gasteiger partial charge on any atom is -0.495 e. The van der Waals surface area contributed by atoms with Crippen LogP contribution in [-0.2, 0) is 4.74 Å². The first-order chi connectivity index (χ1) is 19.6. The molecule has 10 heteroatoms. The van der Waals surface area contributed by atoms with E-state index in [-0.39, 0.29) is 12.1 Å². The number of rotatable bonds is 6. The lowest BCUT2D eigenvalue weighted by Gasteiger charge is -2.34. The number of nitrogens with one attached hydrogen (secondary N) is 1. The highest BCUT2D eigenvalue weighted by atomic mass is 16.6. The third-order valence-electron chi connectivity index (χ3n) is 6.84. The Labute approximate surface area is 239 Å². The number of fused-ring (bicyclic) bond motifs is 1. The third-order valence-corrected chi connectivity index (χ3v) is 6.84. The van der Waals surface area contributed by atoms with E-state index in [4.69, 9.17) is 24.9 Å². The molecule has 4 aromatic rings. The summed E-state index contributed by atoms with van der Waals surface area (Å²) in [4.78, 5) is 28.2. The smallest absolute Gasteiger partial charge is 0.410 e. The molecule has 3 heterocycles. The van der Waals surface area contributed by atoms with Gasteiger partial charge in [0.15, 0.2) is 0 Å². The molecule has 41 heavy (non-hydrogen) atoms. The van der Waals surface area contributed by atoms with Crippen LogP contribution in [0.15, 0.2) is 54.9 Å². The lowest BCUT2D eigenvalue weighted by Crippen LogP contribution is -2.47. The van der Waals surface area contributed by atoms with Gasteiger partial charge in [0.1, 0.15) is 17.1 Å². The molecule has 214 valence electrons. The van der Waals surface area contributed by atoms with E-state index in [0.717, 1.165) is 29.2 Å². The second-order valence-corrected chi connectivity index (χ2v) is 11.2. The molecule has 1 saturated heterocycles. The molecule has 0 radical (unpaired) electrons. The molecule has 5 rings (SSSR count). The molecule has 0 bridgehead atoms. The van der Waals surface area contributed by atoms with Gasteiger partial charge < -0.3 is 30.2 Å². The summed E-state index contributed by atoms with van der Waals surface area (Å²) in [6, 6.07) is 13.4. The average molecular weight is 557 g/mol. The van der Waals surface area contributed by atoms with Crippen molar-refractivity contribution in [2.45, 2.75) is 52.2 Å². The maximum Gasteiger partial charge on any atom is 0.410 e. The second kappa shape index (κ2) is 11.5. The number of nitrogen functional groups attached to an aromatic ring is 1. The van der Waals surface area contributed by atoms with E-state index in [2.05, 4.69) is 15.3 Å². The highest BCUT2D eigenvalue weighted by molar-refractivity contribution is 5.97. The maximum absolute atomic E-state index is 12.6. The van der Waals surface area contributed by atoms with Crippen molar-refractivity contribution < 1.29 is 19.0 Å². The molecule has 1 unspecified atom stereocenters. The second-order valence-electron chi connectivity index (χ2n) is 11.2. The number of hydrogen-bond donors (Lipinski definition) is 2. The van der Waals surface area contributed by atoms with Crippen LogP contribution in [0.5, 0.6) is 17.4 Å². The lowest BCUT2D eigenvalue weighted by atomic mass is 10.0. The monoisotopic (exact) mass is 556 g/mol. The van der Waals surface area contributed by atoms with E-state index in [9.17, 15) is 4.79 Å². The van der Waals surface area contributed by atoms with Crippen molar-refractivity contribution in [3.05, 3.63) is 60.4 Å². The Hall–Kier alpha value is -4.60. The summed E-state index contributed by atoms with van der Waals surface area (Å²) in [6.45, 7) is 8.74. The van der Waals surface area contributed by atoms with Crippen molar-refractivity contribution in [3.8, 4) is 28.6 Å². The zero-order valence-corrected chi connectivity index (χ0v) is 24.1. The number of piperidine rings is 1. The van der Waals surface area contributed by atoms with Crippen molar-refractivity contribution >= 4 is 28.5 Å². The maximum atomic E-state index is 12.6. The number of carbonyl (C=O) groups excluding carboxylic acids is 1. The minimum atomic E-state index is -0.545. The van der Waals surface area contributed by atoms with Gasteiger partial charge in [-0.2, -0.15) is 0 Å². The van der Waals surface area contributed by atoms with Gasteiger partial charge in [0.25, 0.3) is 0 Å². The molecule has 2 aromatic heterocycles. The molecular weight excluding hydrogens is 520 g/mol. The number of likely N-dealkylation sites (tertiary alicyclic amines) is 1. The van der Waals surface area contributed by atoms with Crippen molar-refractivity contribution in [3.63, 3.8) is 0 Å². The van der Waals surface area contributed by atoms with Gasteiger partial charge >= 0.3 is 6.09 Å². The van der Waals surface area contributed by atoms with Crippen LogP contribution in [0.2, 0.25) is 0 Å². The van der Waals surface area contributed by atoms with E-state index in [1.165, 1.54) is 0 Å². The average Bonchev–Trinajstić information content (AvgIpc) is 2.94. The summed E-state index contributed by atoms with van der Waals surface area (Å²) >= 11 is 0. The first-order valence-corrected chi connectivity index (χ1v) is 13.7. The molecule has 1 fully saturated rings. The molecule has 1 atom stereocenters. The van der Waals surface area contributed by atoms with Gasteiger partial charge in [-0.05, 0) is 64.3 Å². The van der Waals surface area contributed by atoms with Gasteiger partial charge in [-0.1, -0.05) is 24.3 Å². The summed E-state index contributed by atoms with van der Waals surface area (Å²) in [5.74, 6) is 2.06. The number of carbonyl (C=O) groups is 1. The normalized spacial score (nSPS) is 15.4. The highest BCUT2D eigenvalue weighted by Gasteiger charge is 2.28. The number of aromatic nitrogens is 3. The van der Waals surface area contributed by atoms with E-state index in [1.807, 2.05) is 64.1 Å². The number of ether oxygens (including phenoxy) is 3. The van der Waals surface area contributed by atoms with Gasteiger partial charge in [-0.3, -0.25) is 0 Å². The number of hydrogen-bond acceptors (Lipinski definition) is 9. The molecule has 0 spiro atoms. The van der Waals surface area contributed by atoms with E-state index in [1.54, 1.807) is 30.5 Å². The Balaban J connectivity index is 1.42. The van der Waals surface area contributed by atoms with Gasteiger partial charge in [0, 0.05) is 41.8 Å². The molecule has 0 saturated carbocycles. The number of benzene rings is 2. The minimum absolute atomic E-state index is 0.0190. The Bertz CT molecular complexity index is 1570. The third kappa shape index (κ3) is 6.42. The summed E-state index contributed by atoms with van der Waals surface area (Å²) in [7, 11) is 1.59. The van der Waals surface area contributed by atoms with Crippen LogP contribution in [0, 0.1) is 6.92 Å². The fourth-order valence-corrected chi connectivity index (χ4v) is 4.85. The predicted octanol–water partition coefficient (Wildman–Crippen LogP) is 6.19. The summed E-state index contributed by atoms with van der Waals surface area (Å²) in [5, 5.41) is 5.20. The zero-order chi connectivity index (χ0) is 29.1. The van der Waals surface area contributed by atoms with Gasteiger partial charge in [-0.25, -0.2) is 19.7 Å². The first kappa shape index (κ1) is 27.9. The number of anilines is 2. The Morgan fingerprint density at radius 2 is 1.95 bits per heavy atom. The fourth-order valence-electron chi connectivity index (χ4n) is 4.85. The van der Waals surface area contributed by atoms with Crippen LogP contribution in [0.1, 0.15) is 39.2 Å². The van der Waals surface area contributed by atoms with Crippen LogP contribution in [0.3, 0.4) is 0 Å². The van der Waals surface area contributed by atoms with Crippen LogP contribution in [0.25, 0.3) is 22.0 Å². The number of aryl methyl sites for hydroxylation is 1. The predicted molar refractivity (Wildman–Crippen MR) is 159 cm³/mol. The number of nitrogens with zero attached hydrogens (tertiary/aromatic N) is 4. The van der Waals surface area contributed by atoms with E-state index in [0.29, 0.717) is 53.4 Å². The number of pyridine rings is 1. The largest absolute Gasteiger partial charge is 0.495 e. The van der Waals surface area contributed by atoms with Crippen LogP contribution >= 0.6 is 0 Å². The molecular formula is C31H36N6O4. The van der Waals surface area contributed by atoms with Gasteiger partial charge in [0.05, 0.1) is 24.6 Å². The zero-order valence-electron chi connectivity index (χ0n) is 24.1. The lowest BCUT2D eigenvalue weighted by molar-refractivity contribution is 0.0206. The fraction of sp³-hybridized carbons (Fsp3) is 0.355. The van der Waals surface area contributed by atoms with Crippen LogP contribution < -0.4 is 20.5 Å². The van der Waals surface area contributed by atoms with Crippen LogP contribution in [0.4, 0.5) is 16.4 Å². The molecule has 1 aliphatic rings. The summed E-state index contributed by atoms with van der Waals surface area (Å²) in [6.07, 6.45) is 4.72. The highest BCUT2D eigenvalue weighted by Crippen LogP contribution is 2.39. The molecule has 3 N–H and O–H groups in total. The quantitative estimate of drug-likeness (QED) is 0.267. The van der Waals surface area contributed by atoms with Crippen molar-refractivity contribution in [1.29, 1.82) is 0 Å². The van der Waals surface area contributed by atoms with Crippen molar-refractivity contribution in [2.24, 2.45) is 0 Å². The van der Waals surface area contributed by atoms with Crippen LogP contribution in [-0.4, -0.2) is 57.8 Å². The van der Waals surface area contributed by atoms with Gasteiger partial charge in [0.2, 0.25) is 11.8 Å².